The van der Waals surface area contributed by atoms with Gasteiger partial charge in [-0.05, 0) is 12.8 Å². The van der Waals surface area contributed by atoms with Gasteiger partial charge in [0.2, 0.25) is 0 Å². The fourth-order valence-electron chi connectivity index (χ4n) is 6.29. The summed E-state index contributed by atoms with van der Waals surface area (Å²) in [5.41, 5.74) is 0. The van der Waals surface area contributed by atoms with E-state index in [1.807, 2.05) is 0 Å². The van der Waals surface area contributed by atoms with E-state index >= 15 is 0 Å². The van der Waals surface area contributed by atoms with E-state index in [2.05, 4.69) is 13.8 Å². The lowest BCUT2D eigenvalue weighted by molar-refractivity contribution is -0.161. The summed E-state index contributed by atoms with van der Waals surface area (Å²) in [4.78, 5) is 34.7. The second kappa shape index (κ2) is 37.8. The van der Waals surface area contributed by atoms with Gasteiger partial charge in [-0.15, -0.1) is 0 Å². The number of hydrogen-bond acceptors (Lipinski definition) is 7. The fourth-order valence-corrected chi connectivity index (χ4v) is 7.07. The van der Waals surface area contributed by atoms with Crippen LogP contribution in [0.3, 0.4) is 0 Å². The number of carbonyl (C=O) groups is 2. The third-order valence-corrected chi connectivity index (χ3v) is 10.9. The molecule has 0 fully saturated rings. The molecule has 0 saturated heterocycles. The van der Waals surface area contributed by atoms with E-state index in [-0.39, 0.29) is 25.6 Å². The van der Waals surface area contributed by atoms with Gasteiger partial charge in [0.25, 0.3) is 0 Å². The maximum atomic E-state index is 12.5. The number of ether oxygens (including phenoxy) is 2. The molecule has 0 aromatic heterocycles. The van der Waals surface area contributed by atoms with Gasteiger partial charge in [0.15, 0.2) is 6.10 Å². The predicted molar refractivity (Wildman–Crippen MR) is 208 cm³/mol. The number of unbranched alkanes of at least 4 members (excludes halogenated alkanes) is 28. The van der Waals surface area contributed by atoms with E-state index in [4.69, 9.17) is 19.1 Å². The third-order valence-electron chi connectivity index (χ3n) is 9.54. The van der Waals surface area contributed by atoms with E-state index in [0.717, 1.165) is 32.1 Å². The second-order valence-corrected chi connectivity index (χ2v) is 16.6. The largest absolute Gasteiger partial charge is 0.462 e. The van der Waals surface area contributed by atoms with Crippen LogP contribution in [0.15, 0.2) is 0 Å². The third kappa shape index (κ3) is 36.8. The summed E-state index contributed by atoms with van der Waals surface area (Å²) >= 11 is 0. The number of carbonyl (C=O) groups excluding carboxylic acids is 2. The molecule has 0 heterocycles. The lowest BCUT2D eigenvalue weighted by atomic mass is 10.0. The zero-order valence-corrected chi connectivity index (χ0v) is 33.7. The fraction of sp³-hybridized carbons (Fsp3) is 0.951. The number of aliphatic hydroxyl groups is 1. The maximum absolute atomic E-state index is 12.5. The molecule has 0 rings (SSSR count). The summed E-state index contributed by atoms with van der Waals surface area (Å²) in [7, 11) is -4.02. The number of esters is 2. The lowest BCUT2D eigenvalue weighted by Gasteiger charge is -2.20. The molecule has 9 heteroatoms. The molecule has 0 aromatic rings. The Balaban J connectivity index is 4.04. The summed E-state index contributed by atoms with van der Waals surface area (Å²) in [6.07, 6.45) is 36.6. The van der Waals surface area contributed by atoms with Crippen molar-refractivity contribution in [3.8, 4) is 0 Å². The molecular formula is C41H81O8P. The van der Waals surface area contributed by atoms with Gasteiger partial charge >= 0.3 is 19.5 Å². The van der Waals surface area contributed by atoms with E-state index in [1.54, 1.807) is 0 Å². The van der Waals surface area contributed by atoms with Gasteiger partial charge in [-0.2, -0.15) is 0 Å². The molecule has 2 atom stereocenters. The standard InChI is InChI=1S/C41H81O8P/c1-3-5-7-9-11-13-15-17-19-21-23-25-27-29-31-33-40(43)47-37-39(38-48-50(45,46)36-35-42)49-41(44)34-32-30-28-26-24-22-20-18-16-14-12-10-8-6-4-2/h39,42H,3-38H2,1-2H3,(H,45,46)/t39-/m1/s1. The van der Waals surface area contributed by atoms with Crippen LogP contribution in [-0.4, -0.2) is 54.0 Å². The molecule has 0 aliphatic rings. The summed E-state index contributed by atoms with van der Waals surface area (Å²) in [5, 5.41) is 9.02. The average molecular weight is 733 g/mol. The molecule has 8 nitrogen and oxygen atoms in total. The Labute approximate surface area is 308 Å². The van der Waals surface area contributed by atoms with Crippen LogP contribution >= 0.6 is 7.60 Å². The molecular weight excluding hydrogens is 651 g/mol. The molecule has 0 aliphatic heterocycles. The zero-order chi connectivity index (χ0) is 36.8. The Hall–Kier alpha value is -0.950. The van der Waals surface area contributed by atoms with Crippen LogP contribution in [0.25, 0.3) is 0 Å². The molecule has 0 bridgehead atoms. The van der Waals surface area contributed by atoms with Gasteiger partial charge in [-0.1, -0.05) is 194 Å². The predicted octanol–water partition coefficient (Wildman–Crippen LogP) is 12.2. The summed E-state index contributed by atoms with van der Waals surface area (Å²) < 4.78 is 28.0. The highest BCUT2D eigenvalue weighted by molar-refractivity contribution is 7.52. The zero-order valence-electron chi connectivity index (χ0n) is 32.8. The van der Waals surface area contributed by atoms with E-state index in [0.29, 0.717) is 12.8 Å². The van der Waals surface area contributed by atoms with Crippen molar-refractivity contribution in [2.24, 2.45) is 0 Å². The summed E-state index contributed by atoms with van der Waals surface area (Å²) in [6, 6.07) is 0. The van der Waals surface area contributed by atoms with E-state index in [1.165, 1.54) is 154 Å². The Morgan fingerprint density at radius 2 is 0.820 bits per heavy atom. The van der Waals surface area contributed by atoms with Crippen molar-refractivity contribution in [1.29, 1.82) is 0 Å². The monoisotopic (exact) mass is 733 g/mol. The number of aliphatic hydroxyl groups excluding tert-OH is 1. The van der Waals surface area contributed by atoms with Crippen molar-refractivity contribution < 1.29 is 38.2 Å². The molecule has 0 aromatic carbocycles. The first-order valence-electron chi connectivity index (χ1n) is 21.3. The van der Waals surface area contributed by atoms with Crippen molar-refractivity contribution in [3.05, 3.63) is 0 Å². The second-order valence-electron chi connectivity index (χ2n) is 14.6. The number of rotatable bonds is 40. The van der Waals surface area contributed by atoms with Gasteiger partial charge in [0.1, 0.15) is 6.61 Å². The minimum Gasteiger partial charge on any atom is -0.462 e. The highest BCUT2D eigenvalue weighted by Gasteiger charge is 2.24. The highest BCUT2D eigenvalue weighted by Crippen LogP contribution is 2.41. The summed E-state index contributed by atoms with van der Waals surface area (Å²) in [6.45, 7) is 3.43. The molecule has 50 heavy (non-hydrogen) atoms. The minimum atomic E-state index is -4.02. The maximum Gasteiger partial charge on any atom is 0.330 e. The first-order chi connectivity index (χ1) is 24.3. The van der Waals surface area contributed by atoms with Gasteiger partial charge in [-0.3, -0.25) is 14.2 Å². The van der Waals surface area contributed by atoms with Crippen LogP contribution < -0.4 is 0 Å². The van der Waals surface area contributed by atoms with Crippen LogP contribution in [0.4, 0.5) is 0 Å². The lowest BCUT2D eigenvalue weighted by Crippen LogP contribution is -2.29. The Bertz CT molecular complexity index is 793. The highest BCUT2D eigenvalue weighted by atomic mass is 31.2. The molecule has 0 amide bonds. The summed E-state index contributed by atoms with van der Waals surface area (Å²) in [5.74, 6) is -0.799. The Morgan fingerprint density at radius 3 is 1.16 bits per heavy atom. The topological polar surface area (TPSA) is 119 Å². The molecule has 0 spiro atoms. The van der Waals surface area contributed by atoms with E-state index in [9.17, 15) is 19.0 Å². The van der Waals surface area contributed by atoms with Gasteiger partial charge in [-0.25, -0.2) is 0 Å². The molecule has 2 N–H and O–H groups in total. The van der Waals surface area contributed by atoms with Crippen molar-refractivity contribution in [2.45, 2.75) is 225 Å². The smallest absolute Gasteiger partial charge is 0.330 e. The van der Waals surface area contributed by atoms with Crippen molar-refractivity contribution in [2.75, 3.05) is 26.0 Å². The van der Waals surface area contributed by atoms with Crippen LogP contribution in [0.2, 0.25) is 0 Å². The van der Waals surface area contributed by atoms with Gasteiger partial charge < -0.3 is 24.0 Å². The van der Waals surface area contributed by atoms with Crippen molar-refractivity contribution >= 4 is 19.5 Å². The molecule has 298 valence electrons. The normalized spacial score (nSPS) is 13.3. The average Bonchev–Trinajstić information content (AvgIpc) is 3.09. The van der Waals surface area contributed by atoms with Gasteiger partial charge in [0, 0.05) is 12.8 Å². The van der Waals surface area contributed by atoms with Gasteiger partial charge in [0.05, 0.1) is 19.4 Å². The van der Waals surface area contributed by atoms with Crippen LogP contribution in [0.1, 0.15) is 219 Å². The quantitative estimate of drug-likeness (QED) is 0.0363. The molecule has 0 radical (unpaired) electrons. The Morgan fingerprint density at radius 1 is 0.500 bits per heavy atom. The Kier molecular flexibility index (Phi) is 37.1. The van der Waals surface area contributed by atoms with Crippen molar-refractivity contribution in [1.82, 2.24) is 0 Å². The molecule has 1 unspecified atom stereocenters. The minimum absolute atomic E-state index is 0.221. The van der Waals surface area contributed by atoms with E-state index < -0.39 is 32.4 Å². The molecule has 0 saturated carbocycles. The van der Waals surface area contributed by atoms with Crippen molar-refractivity contribution in [3.63, 3.8) is 0 Å². The first kappa shape index (κ1) is 49.0. The number of hydrogen-bond donors (Lipinski definition) is 2. The first-order valence-corrected chi connectivity index (χ1v) is 23.0. The van der Waals surface area contributed by atoms with Crippen LogP contribution in [0.5, 0.6) is 0 Å². The SMILES string of the molecule is CCCCCCCCCCCCCCCCCC(=O)OC[C@H](COP(=O)(O)CCO)OC(=O)CCCCCCCCCCCCCCCCC. The van der Waals surface area contributed by atoms with Crippen LogP contribution in [0, 0.1) is 0 Å². The van der Waals surface area contributed by atoms with Crippen LogP contribution in [-0.2, 0) is 28.2 Å². The molecule has 0 aliphatic carbocycles.